The lowest BCUT2D eigenvalue weighted by Crippen LogP contribution is -2.41. The van der Waals surface area contributed by atoms with Crippen molar-refractivity contribution in [3.05, 3.63) is 12.4 Å². The van der Waals surface area contributed by atoms with Crippen LogP contribution in [0.4, 0.5) is 0 Å². The van der Waals surface area contributed by atoms with Crippen LogP contribution in [0, 0.1) is 0 Å². The van der Waals surface area contributed by atoms with Gasteiger partial charge in [-0.25, -0.2) is 4.68 Å². The van der Waals surface area contributed by atoms with Gasteiger partial charge in [-0.1, -0.05) is 0 Å². The van der Waals surface area contributed by atoms with Crippen LogP contribution in [-0.2, 0) is 14.0 Å². The summed E-state index contributed by atoms with van der Waals surface area (Å²) in [5.41, 5.74) is 0.320. The highest BCUT2D eigenvalue weighted by molar-refractivity contribution is 6.61. The van der Waals surface area contributed by atoms with E-state index in [-0.39, 0.29) is 24.5 Å². The van der Waals surface area contributed by atoms with E-state index in [9.17, 15) is 0 Å². The Balaban J connectivity index is 1.74. The van der Waals surface area contributed by atoms with E-state index in [1.54, 1.807) is 0 Å². The molecule has 1 aromatic heterocycles. The highest BCUT2D eigenvalue weighted by Gasteiger charge is 2.52. The summed E-state index contributed by atoms with van der Waals surface area (Å²) in [4.78, 5) is 0. The van der Waals surface area contributed by atoms with Crippen LogP contribution in [0.15, 0.2) is 12.4 Å². The largest absolute Gasteiger partial charge is 0.498 e. The molecular weight excluding hydrogens is 255 g/mol. The first kappa shape index (κ1) is 14.1. The van der Waals surface area contributed by atoms with Gasteiger partial charge in [-0.3, -0.25) is 0 Å². The Morgan fingerprint density at radius 2 is 1.90 bits per heavy atom. The lowest BCUT2D eigenvalue weighted by Gasteiger charge is -2.32. The van der Waals surface area contributed by atoms with Gasteiger partial charge in [-0.2, -0.15) is 5.10 Å². The second-order valence-electron chi connectivity index (χ2n) is 6.66. The average molecular weight is 278 g/mol. The number of nitrogens with zero attached hydrogens (tertiary/aromatic N) is 2. The predicted molar refractivity (Wildman–Crippen MR) is 76.8 cm³/mol. The standard InChI is InChI=1S/C14H23BN2O3/c1-13(2)14(3,4)20-15(19-13)11-9-16-17(10-11)12-7-5-6-8-18-12/h9-10,12H,5-8H2,1-4H3/t12-/m0/s1. The van der Waals surface area contributed by atoms with E-state index in [2.05, 4.69) is 32.8 Å². The lowest BCUT2D eigenvalue weighted by atomic mass is 9.82. The van der Waals surface area contributed by atoms with E-state index < -0.39 is 0 Å². The van der Waals surface area contributed by atoms with Crippen LogP contribution in [0.3, 0.4) is 0 Å². The summed E-state index contributed by atoms with van der Waals surface area (Å²) in [5, 5.41) is 4.41. The Hall–Kier alpha value is -0.845. The Morgan fingerprint density at radius 1 is 1.20 bits per heavy atom. The number of hydrogen-bond acceptors (Lipinski definition) is 4. The molecule has 2 aliphatic rings. The van der Waals surface area contributed by atoms with Gasteiger partial charge in [0.2, 0.25) is 0 Å². The van der Waals surface area contributed by atoms with Crippen molar-refractivity contribution in [2.75, 3.05) is 6.61 Å². The van der Waals surface area contributed by atoms with Gasteiger partial charge in [0.15, 0.2) is 0 Å². The average Bonchev–Trinajstić information content (AvgIpc) is 2.94. The Kier molecular flexibility index (Phi) is 3.43. The molecule has 3 rings (SSSR count). The fourth-order valence-corrected chi connectivity index (χ4v) is 2.54. The molecule has 0 unspecified atom stereocenters. The second-order valence-corrected chi connectivity index (χ2v) is 6.66. The SMILES string of the molecule is CC1(C)OB(c2cnn([C@@H]3CCCCO3)c2)OC1(C)C. The van der Waals surface area contributed by atoms with E-state index in [1.165, 1.54) is 6.42 Å². The van der Waals surface area contributed by atoms with Gasteiger partial charge in [0.1, 0.15) is 6.23 Å². The summed E-state index contributed by atoms with van der Waals surface area (Å²) < 4.78 is 19.7. The minimum atomic E-state index is -0.350. The molecule has 1 atom stereocenters. The minimum absolute atomic E-state index is 0.0555. The molecule has 0 bridgehead atoms. The van der Waals surface area contributed by atoms with Gasteiger partial charge >= 0.3 is 7.12 Å². The summed E-state index contributed by atoms with van der Waals surface area (Å²) in [6, 6.07) is 0. The highest BCUT2D eigenvalue weighted by atomic mass is 16.7. The van der Waals surface area contributed by atoms with Crippen LogP contribution in [0.25, 0.3) is 0 Å². The molecule has 2 aliphatic heterocycles. The molecule has 2 saturated heterocycles. The molecule has 0 saturated carbocycles. The van der Waals surface area contributed by atoms with Crippen LogP contribution in [0.5, 0.6) is 0 Å². The van der Waals surface area contributed by atoms with Crippen molar-refractivity contribution < 1.29 is 14.0 Å². The maximum absolute atomic E-state index is 6.03. The van der Waals surface area contributed by atoms with Gasteiger partial charge in [0, 0.05) is 24.5 Å². The molecular formula is C14H23BN2O3. The van der Waals surface area contributed by atoms with Crippen molar-refractivity contribution in [3.8, 4) is 0 Å². The smallest absolute Gasteiger partial charge is 0.399 e. The predicted octanol–water partition coefficient (Wildman–Crippen LogP) is 1.88. The zero-order chi connectivity index (χ0) is 14.4. The zero-order valence-corrected chi connectivity index (χ0v) is 12.8. The van der Waals surface area contributed by atoms with Crippen molar-refractivity contribution in [1.29, 1.82) is 0 Å². The molecule has 0 radical (unpaired) electrons. The summed E-state index contributed by atoms with van der Waals surface area (Å²) in [6.45, 7) is 9.04. The number of rotatable bonds is 2. The highest BCUT2D eigenvalue weighted by Crippen LogP contribution is 2.36. The zero-order valence-electron chi connectivity index (χ0n) is 12.8. The van der Waals surface area contributed by atoms with Crippen molar-refractivity contribution in [3.63, 3.8) is 0 Å². The van der Waals surface area contributed by atoms with Gasteiger partial charge in [-0.15, -0.1) is 0 Å². The van der Waals surface area contributed by atoms with E-state index in [0.717, 1.165) is 24.9 Å². The first-order valence-electron chi connectivity index (χ1n) is 7.40. The van der Waals surface area contributed by atoms with E-state index >= 15 is 0 Å². The molecule has 20 heavy (non-hydrogen) atoms. The maximum atomic E-state index is 6.03. The quantitative estimate of drug-likeness (QED) is 0.775. The van der Waals surface area contributed by atoms with Crippen LogP contribution < -0.4 is 5.46 Å². The monoisotopic (exact) mass is 278 g/mol. The van der Waals surface area contributed by atoms with Crippen molar-refractivity contribution >= 4 is 12.6 Å². The molecule has 0 N–H and O–H groups in total. The third kappa shape index (κ3) is 2.40. The van der Waals surface area contributed by atoms with Crippen LogP contribution >= 0.6 is 0 Å². The van der Waals surface area contributed by atoms with Crippen LogP contribution in [0.1, 0.15) is 53.2 Å². The molecule has 0 spiro atoms. The van der Waals surface area contributed by atoms with Gasteiger partial charge in [-0.05, 0) is 47.0 Å². The summed E-state index contributed by atoms with van der Waals surface area (Å²) >= 11 is 0. The first-order chi connectivity index (χ1) is 9.39. The Bertz CT molecular complexity index is 465. The Labute approximate surface area is 120 Å². The van der Waals surface area contributed by atoms with Gasteiger partial charge in [0.05, 0.1) is 11.2 Å². The number of hydrogen-bond donors (Lipinski definition) is 0. The maximum Gasteiger partial charge on any atom is 0.498 e. The number of aromatic nitrogens is 2. The van der Waals surface area contributed by atoms with Gasteiger partial charge < -0.3 is 14.0 Å². The summed E-state index contributed by atoms with van der Waals surface area (Å²) in [6.07, 6.45) is 7.21. The molecule has 0 amide bonds. The van der Waals surface area contributed by atoms with Crippen molar-refractivity contribution in [2.24, 2.45) is 0 Å². The second kappa shape index (κ2) is 4.86. The fourth-order valence-electron chi connectivity index (χ4n) is 2.54. The molecule has 6 heteroatoms. The number of ether oxygens (including phenoxy) is 1. The van der Waals surface area contributed by atoms with E-state index in [1.807, 2.05) is 17.1 Å². The molecule has 1 aromatic rings. The van der Waals surface area contributed by atoms with E-state index in [0.29, 0.717) is 0 Å². The molecule has 3 heterocycles. The Morgan fingerprint density at radius 3 is 2.50 bits per heavy atom. The van der Waals surface area contributed by atoms with Crippen LogP contribution in [0.2, 0.25) is 0 Å². The normalized spacial score (nSPS) is 28.8. The summed E-state index contributed by atoms with van der Waals surface area (Å²) in [7, 11) is -0.350. The van der Waals surface area contributed by atoms with Crippen LogP contribution in [-0.4, -0.2) is 34.7 Å². The fraction of sp³-hybridized carbons (Fsp3) is 0.786. The van der Waals surface area contributed by atoms with Crippen molar-refractivity contribution in [2.45, 2.75) is 64.4 Å². The molecule has 0 aromatic carbocycles. The topological polar surface area (TPSA) is 45.5 Å². The molecule has 5 nitrogen and oxygen atoms in total. The molecule has 110 valence electrons. The third-order valence-electron chi connectivity index (χ3n) is 4.60. The van der Waals surface area contributed by atoms with E-state index in [4.69, 9.17) is 14.0 Å². The minimum Gasteiger partial charge on any atom is -0.399 e. The lowest BCUT2D eigenvalue weighted by molar-refractivity contribution is -0.0394. The van der Waals surface area contributed by atoms with Crippen molar-refractivity contribution in [1.82, 2.24) is 9.78 Å². The third-order valence-corrected chi connectivity index (χ3v) is 4.60. The molecule has 0 aliphatic carbocycles. The first-order valence-corrected chi connectivity index (χ1v) is 7.40. The summed E-state index contributed by atoms with van der Waals surface area (Å²) in [5.74, 6) is 0. The molecule has 2 fully saturated rings. The van der Waals surface area contributed by atoms with Gasteiger partial charge in [0.25, 0.3) is 0 Å².